The average molecular weight is 477 g/mol. The van der Waals surface area contributed by atoms with Crippen LogP contribution in [0.1, 0.15) is 25.3 Å². The molecule has 0 aliphatic carbocycles. The topological polar surface area (TPSA) is 103 Å². The van der Waals surface area contributed by atoms with E-state index < -0.39 is 9.84 Å². The van der Waals surface area contributed by atoms with Crippen LogP contribution in [0.25, 0.3) is 11.1 Å². The molecule has 2 atom stereocenters. The van der Waals surface area contributed by atoms with Crippen LogP contribution in [0, 0.1) is 5.92 Å². The van der Waals surface area contributed by atoms with Gasteiger partial charge in [-0.05, 0) is 44.9 Å². The normalized spacial score (nSPS) is 20.5. The number of ether oxygens (including phenoxy) is 2. The molecule has 1 saturated heterocycles. The molecule has 2 unspecified atom stereocenters. The van der Waals surface area contributed by atoms with Crippen LogP contribution in [0.4, 0.5) is 10.5 Å². The molecule has 4 rings (SSSR count). The number of methoxy groups -OCH3 is 1. The van der Waals surface area contributed by atoms with Crippen molar-refractivity contribution in [3.05, 3.63) is 30.1 Å². The molecule has 1 aromatic carbocycles. The van der Waals surface area contributed by atoms with Crippen molar-refractivity contribution < 1.29 is 22.7 Å². The Morgan fingerprint density at radius 3 is 2.82 bits per heavy atom. The summed E-state index contributed by atoms with van der Waals surface area (Å²) in [5.41, 5.74) is 3.55. The minimum Gasteiger partial charge on any atom is -0.492 e. The van der Waals surface area contributed by atoms with Crippen LogP contribution < -0.4 is 15.0 Å². The van der Waals surface area contributed by atoms with E-state index in [1.165, 1.54) is 13.4 Å². The van der Waals surface area contributed by atoms with Gasteiger partial charge in [0.15, 0.2) is 0 Å². The molecule has 1 N–H and O–H groups in total. The number of sulfone groups is 1. The quantitative estimate of drug-likeness (QED) is 0.655. The van der Waals surface area contributed by atoms with E-state index in [0.717, 1.165) is 60.5 Å². The van der Waals surface area contributed by atoms with Gasteiger partial charge in [0, 0.05) is 47.6 Å². The molecule has 33 heavy (non-hydrogen) atoms. The Labute approximate surface area is 195 Å². The van der Waals surface area contributed by atoms with Crippen molar-refractivity contribution in [1.29, 1.82) is 0 Å². The maximum absolute atomic E-state index is 12.5. The highest BCUT2D eigenvalue weighted by molar-refractivity contribution is 7.90. The summed E-state index contributed by atoms with van der Waals surface area (Å²) >= 11 is 0. The zero-order chi connectivity index (χ0) is 23.6. The predicted molar refractivity (Wildman–Crippen MR) is 127 cm³/mol. The molecule has 2 aliphatic heterocycles. The number of aryl methyl sites for hydroxylation is 1. The second-order valence-electron chi connectivity index (χ2n) is 8.96. The SMILES string of the molecule is COC(=O)N1c2ccc(-c3cnn(CCS(C)(=O)=O)c3)c(OCC3CCNC3)c2CCC1C. The molecule has 1 aromatic heterocycles. The third-order valence-corrected chi connectivity index (χ3v) is 7.30. The molecule has 0 saturated carbocycles. The first kappa shape index (κ1) is 23.6. The Hall–Kier alpha value is -2.59. The van der Waals surface area contributed by atoms with Crippen molar-refractivity contribution in [3.63, 3.8) is 0 Å². The van der Waals surface area contributed by atoms with E-state index in [-0.39, 0.29) is 17.9 Å². The van der Waals surface area contributed by atoms with E-state index in [1.54, 1.807) is 15.8 Å². The Bertz CT molecular complexity index is 1110. The van der Waals surface area contributed by atoms with Crippen LogP contribution in [0.15, 0.2) is 24.5 Å². The molecular formula is C23H32N4O5S. The van der Waals surface area contributed by atoms with Gasteiger partial charge < -0.3 is 14.8 Å². The molecule has 1 amide bonds. The summed E-state index contributed by atoms with van der Waals surface area (Å²) in [7, 11) is -1.68. The molecule has 0 radical (unpaired) electrons. The van der Waals surface area contributed by atoms with Gasteiger partial charge in [-0.3, -0.25) is 9.58 Å². The molecule has 0 spiro atoms. The zero-order valence-corrected chi connectivity index (χ0v) is 20.2. The van der Waals surface area contributed by atoms with Crippen LogP contribution in [-0.2, 0) is 27.5 Å². The number of hydrogen-bond donors (Lipinski definition) is 1. The number of benzene rings is 1. The first-order valence-electron chi connectivity index (χ1n) is 11.3. The predicted octanol–water partition coefficient (Wildman–Crippen LogP) is 2.49. The minimum atomic E-state index is -3.08. The largest absolute Gasteiger partial charge is 0.492 e. The second-order valence-corrected chi connectivity index (χ2v) is 11.2. The van der Waals surface area contributed by atoms with Crippen molar-refractivity contribution in [2.24, 2.45) is 5.92 Å². The van der Waals surface area contributed by atoms with Gasteiger partial charge >= 0.3 is 6.09 Å². The third kappa shape index (κ3) is 5.33. The van der Waals surface area contributed by atoms with Crippen molar-refractivity contribution in [2.45, 2.75) is 38.8 Å². The summed E-state index contributed by atoms with van der Waals surface area (Å²) < 4.78 is 36.2. The van der Waals surface area contributed by atoms with Crippen LogP contribution in [0.2, 0.25) is 0 Å². The fourth-order valence-corrected chi connectivity index (χ4v) is 5.03. The minimum absolute atomic E-state index is 0.0291. The van der Waals surface area contributed by atoms with E-state index in [2.05, 4.69) is 10.4 Å². The molecule has 10 heteroatoms. The highest BCUT2D eigenvalue weighted by Gasteiger charge is 2.32. The Morgan fingerprint density at radius 1 is 1.30 bits per heavy atom. The number of hydrogen-bond acceptors (Lipinski definition) is 7. The molecule has 180 valence electrons. The van der Waals surface area contributed by atoms with Gasteiger partial charge in [-0.1, -0.05) is 0 Å². The van der Waals surface area contributed by atoms with Crippen LogP contribution >= 0.6 is 0 Å². The van der Waals surface area contributed by atoms with Gasteiger partial charge in [0.05, 0.1) is 37.9 Å². The summed E-state index contributed by atoms with van der Waals surface area (Å²) in [6.45, 7) is 4.83. The number of fused-ring (bicyclic) bond motifs is 1. The van der Waals surface area contributed by atoms with Crippen molar-refractivity contribution in [1.82, 2.24) is 15.1 Å². The summed E-state index contributed by atoms with van der Waals surface area (Å²) in [4.78, 5) is 14.2. The molecule has 2 aliphatic rings. The number of carbonyl (C=O) groups is 1. The van der Waals surface area contributed by atoms with Gasteiger partial charge in [0.2, 0.25) is 0 Å². The average Bonchev–Trinajstić information content (AvgIpc) is 3.47. The highest BCUT2D eigenvalue weighted by atomic mass is 32.2. The number of amides is 1. The second kappa shape index (κ2) is 9.72. The van der Waals surface area contributed by atoms with Crippen LogP contribution in [0.5, 0.6) is 5.75 Å². The summed E-state index contributed by atoms with van der Waals surface area (Å²) in [6.07, 6.45) is 7.09. The first-order chi connectivity index (χ1) is 15.8. The first-order valence-corrected chi connectivity index (χ1v) is 13.4. The lowest BCUT2D eigenvalue weighted by molar-refractivity contribution is 0.175. The smallest absolute Gasteiger partial charge is 0.414 e. The number of anilines is 1. The Kier molecular flexibility index (Phi) is 6.94. The maximum atomic E-state index is 12.5. The molecular weight excluding hydrogens is 444 g/mol. The van der Waals surface area contributed by atoms with Gasteiger partial charge in [0.25, 0.3) is 0 Å². The summed E-state index contributed by atoms with van der Waals surface area (Å²) in [6, 6.07) is 3.92. The molecule has 0 bridgehead atoms. The monoisotopic (exact) mass is 476 g/mol. The Morgan fingerprint density at radius 2 is 2.12 bits per heavy atom. The zero-order valence-electron chi connectivity index (χ0n) is 19.4. The van der Waals surface area contributed by atoms with Gasteiger partial charge in [-0.15, -0.1) is 0 Å². The highest BCUT2D eigenvalue weighted by Crippen LogP contribution is 2.43. The number of rotatable bonds is 7. The van der Waals surface area contributed by atoms with E-state index in [0.29, 0.717) is 19.1 Å². The lowest BCUT2D eigenvalue weighted by Crippen LogP contribution is -2.42. The van der Waals surface area contributed by atoms with Crippen molar-refractivity contribution in [3.8, 4) is 16.9 Å². The van der Waals surface area contributed by atoms with Gasteiger partial charge in [-0.25, -0.2) is 13.2 Å². The lowest BCUT2D eigenvalue weighted by atomic mass is 9.92. The van der Waals surface area contributed by atoms with E-state index in [1.807, 2.05) is 25.3 Å². The lowest BCUT2D eigenvalue weighted by Gasteiger charge is -2.35. The molecule has 1 fully saturated rings. The third-order valence-electron chi connectivity index (χ3n) is 6.38. The standard InChI is InChI=1S/C23H32N4O5S/c1-16-4-5-20-21(27(16)23(28)31-2)7-6-19(22(20)32-15-17-8-9-24-12-17)18-13-25-26(14-18)10-11-33(3,29)30/h6-7,13-14,16-17,24H,4-5,8-12,15H2,1-3H3. The van der Waals surface area contributed by atoms with Gasteiger partial charge in [-0.2, -0.15) is 5.10 Å². The van der Waals surface area contributed by atoms with Crippen LogP contribution in [-0.4, -0.2) is 69.1 Å². The molecule has 9 nitrogen and oxygen atoms in total. The summed E-state index contributed by atoms with van der Waals surface area (Å²) in [5, 5.41) is 7.73. The maximum Gasteiger partial charge on any atom is 0.414 e. The van der Waals surface area contributed by atoms with E-state index in [4.69, 9.17) is 9.47 Å². The number of nitrogens with zero attached hydrogens (tertiary/aromatic N) is 3. The van der Waals surface area contributed by atoms with Crippen molar-refractivity contribution >= 4 is 21.6 Å². The van der Waals surface area contributed by atoms with Crippen molar-refractivity contribution in [2.75, 3.05) is 43.7 Å². The Balaban J connectivity index is 1.70. The molecule has 2 aromatic rings. The molecule has 3 heterocycles. The fraction of sp³-hybridized carbons (Fsp3) is 0.565. The number of aromatic nitrogens is 2. The van der Waals surface area contributed by atoms with E-state index >= 15 is 0 Å². The van der Waals surface area contributed by atoms with Crippen LogP contribution in [0.3, 0.4) is 0 Å². The summed E-state index contributed by atoms with van der Waals surface area (Å²) in [5.74, 6) is 1.23. The van der Waals surface area contributed by atoms with Gasteiger partial charge in [0.1, 0.15) is 15.6 Å². The number of nitrogens with one attached hydrogen (secondary N) is 1. The van der Waals surface area contributed by atoms with E-state index in [9.17, 15) is 13.2 Å². The fourth-order valence-electron chi connectivity index (χ4n) is 4.52. The number of carbonyl (C=O) groups excluding carboxylic acids is 1.